The predicted octanol–water partition coefficient (Wildman–Crippen LogP) is -0.716. The van der Waals surface area contributed by atoms with Crippen molar-refractivity contribution < 1.29 is 9.90 Å². The van der Waals surface area contributed by atoms with E-state index in [-0.39, 0.29) is 6.61 Å². The fourth-order valence-corrected chi connectivity index (χ4v) is 0.361. The van der Waals surface area contributed by atoms with Gasteiger partial charge >= 0.3 is 0 Å². The van der Waals surface area contributed by atoms with Crippen molar-refractivity contribution in [1.82, 2.24) is 5.32 Å². The van der Waals surface area contributed by atoms with E-state index in [0.29, 0.717) is 6.54 Å². The standard InChI is InChI=1S/C7H9NO2/c1-2-7(10)8-5-3-4-6-9/h1,3-4,9H,5-6H2,(H,8,10)/b4-3+. The molecule has 0 bridgehead atoms. The van der Waals surface area contributed by atoms with Crippen LogP contribution in [0.5, 0.6) is 0 Å². The second-order valence-corrected chi connectivity index (χ2v) is 1.51. The summed E-state index contributed by atoms with van der Waals surface area (Å²) in [6, 6.07) is 0. The van der Waals surface area contributed by atoms with Crippen LogP contribution in [0.3, 0.4) is 0 Å². The van der Waals surface area contributed by atoms with E-state index < -0.39 is 5.91 Å². The van der Waals surface area contributed by atoms with Gasteiger partial charge in [0.2, 0.25) is 0 Å². The zero-order chi connectivity index (χ0) is 7.82. The highest BCUT2D eigenvalue weighted by molar-refractivity contribution is 5.92. The first-order valence-electron chi connectivity index (χ1n) is 2.81. The maximum absolute atomic E-state index is 10.3. The minimum Gasteiger partial charge on any atom is -0.392 e. The third-order valence-electron chi connectivity index (χ3n) is 0.784. The molecule has 2 N–H and O–H groups in total. The van der Waals surface area contributed by atoms with Crippen molar-refractivity contribution in [2.24, 2.45) is 0 Å². The fourth-order valence-electron chi connectivity index (χ4n) is 0.361. The largest absolute Gasteiger partial charge is 0.392 e. The Kier molecular flexibility index (Phi) is 5.12. The Labute approximate surface area is 59.7 Å². The lowest BCUT2D eigenvalue weighted by Crippen LogP contribution is -2.20. The third kappa shape index (κ3) is 4.88. The molecule has 0 spiro atoms. The maximum Gasteiger partial charge on any atom is 0.295 e. The van der Waals surface area contributed by atoms with Crippen molar-refractivity contribution in [3.05, 3.63) is 12.2 Å². The molecule has 0 rings (SSSR count). The van der Waals surface area contributed by atoms with Gasteiger partial charge in [-0.3, -0.25) is 4.79 Å². The number of amides is 1. The molecule has 0 saturated heterocycles. The van der Waals surface area contributed by atoms with Crippen LogP contribution in [0.1, 0.15) is 0 Å². The number of hydrogen-bond acceptors (Lipinski definition) is 2. The summed E-state index contributed by atoms with van der Waals surface area (Å²) in [5.41, 5.74) is 0. The topological polar surface area (TPSA) is 49.3 Å². The van der Waals surface area contributed by atoms with Gasteiger partial charge < -0.3 is 10.4 Å². The van der Waals surface area contributed by atoms with Crippen LogP contribution < -0.4 is 5.32 Å². The van der Waals surface area contributed by atoms with E-state index in [1.54, 1.807) is 6.08 Å². The van der Waals surface area contributed by atoms with Gasteiger partial charge in [-0.15, -0.1) is 6.42 Å². The van der Waals surface area contributed by atoms with Gasteiger partial charge in [-0.25, -0.2) is 0 Å². The molecule has 0 aromatic rings. The molecule has 0 saturated carbocycles. The average Bonchev–Trinajstić information content (AvgIpc) is 1.98. The highest BCUT2D eigenvalue weighted by Gasteiger charge is 1.87. The zero-order valence-corrected chi connectivity index (χ0v) is 5.50. The fraction of sp³-hybridized carbons (Fsp3) is 0.286. The number of aliphatic hydroxyl groups excluding tert-OH is 1. The first-order chi connectivity index (χ1) is 4.81. The molecule has 0 aromatic carbocycles. The summed E-state index contributed by atoms with van der Waals surface area (Å²) in [5, 5.41) is 10.6. The molecule has 0 atom stereocenters. The molecule has 0 radical (unpaired) electrons. The van der Waals surface area contributed by atoms with Crippen molar-refractivity contribution >= 4 is 5.91 Å². The van der Waals surface area contributed by atoms with E-state index >= 15 is 0 Å². The molecule has 0 aliphatic carbocycles. The van der Waals surface area contributed by atoms with Gasteiger partial charge in [0.05, 0.1) is 6.61 Å². The normalized spacial score (nSPS) is 9.20. The number of carbonyl (C=O) groups is 1. The van der Waals surface area contributed by atoms with Crippen molar-refractivity contribution in [2.75, 3.05) is 13.2 Å². The Balaban J connectivity index is 3.30. The van der Waals surface area contributed by atoms with E-state index in [2.05, 4.69) is 5.32 Å². The lowest BCUT2D eigenvalue weighted by Gasteiger charge is -1.91. The Morgan fingerprint density at radius 2 is 2.40 bits per heavy atom. The van der Waals surface area contributed by atoms with Gasteiger partial charge in [-0.05, 0) is 5.92 Å². The Morgan fingerprint density at radius 3 is 2.90 bits per heavy atom. The highest BCUT2D eigenvalue weighted by atomic mass is 16.2. The predicted molar refractivity (Wildman–Crippen MR) is 38.1 cm³/mol. The number of rotatable bonds is 3. The molecule has 54 valence electrons. The van der Waals surface area contributed by atoms with E-state index in [9.17, 15) is 4.79 Å². The van der Waals surface area contributed by atoms with E-state index in [0.717, 1.165) is 0 Å². The van der Waals surface area contributed by atoms with E-state index in [1.807, 2.05) is 5.92 Å². The van der Waals surface area contributed by atoms with Crippen molar-refractivity contribution in [3.63, 3.8) is 0 Å². The molecule has 0 aliphatic heterocycles. The van der Waals surface area contributed by atoms with E-state index in [4.69, 9.17) is 11.5 Å². The molecule has 0 aliphatic rings. The van der Waals surface area contributed by atoms with Gasteiger partial charge in [-0.2, -0.15) is 0 Å². The minimum atomic E-state index is -0.442. The summed E-state index contributed by atoms with van der Waals surface area (Å²) in [4.78, 5) is 10.3. The molecule has 0 fully saturated rings. The van der Waals surface area contributed by atoms with Crippen molar-refractivity contribution in [1.29, 1.82) is 0 Å². The van der Waals surface area contributed by atoms with Crippen molar-refractivity contribution in [3.8, 4) is 12.3 Å². The summed E-state index contributed by atoms with van der Waals surface area (Å²) < 4.78 is 0. The van der Waals surface area contributed by atoms with Gasteiger partial charge in [-0.1, -0.05) is 12.2 Å². The average molecular weight is 139 g/mol. The minimum absolute atomic E-state index is 0.0219. The van der Waals surface area contributed by atoms with Crippen LogP contribution in [0, 0.1) is 12.3 Å². The lowest BCUT2D eigenvalue weighted by molar-refractivity contribution is -0.115. The summed E-state index contributed by atoms with van der Waals surface area (Å²) >= 11 is 0. The van der Waals surface area contributed by atoms with Gasteiger partial charge in [0.25, 0.3) is 5.91 Å². The molecule has 1 amide bonds. The van der Waals surface area contributed by atoms with Crippen LogP contribution in [-0.4, -0.2) is 24.2 Å². The number of terminal acetylenes is 1. The van der Waals surface area contributed by atoms with Gasteiger partial charge in [0.15, 0.2) is 0 Å². The SMILES string of the molecule is C#CC(=O)NC/C=C/CO. The molecule has 3 nitrogen and oxygen atoms in total. The number of hydrogen-bond donors (Lipinski definition) is 2. The van der Waals surface area contributed by atoms with Crippen LogP contribution in [0.2, 0.25) is 0 Å². The summed E-state index contributed by atoms with van der Waals surface area (Å²) in [5.74, 6) is 1.45. The molecule has 10 heavy (non-hydrogen) atoms. The second kappa shape index (κ2) is 5.86. The first-order valence-corrected chi connectivity index (χ1v) is 2.81. The second-order valence-electron chi connectivity index (χ2n) is 1.51. The molecule has 0 unspecified atom stereocenters. The van der Waals surface area contributed by atoms with Crippen LogP contribution in [0.4, 0.5) is 0 Å². The number of carbonyl (C=O) groups excluding carboxylic acids is 1. The van der Waals surface area contributed by atoms with Crippen LogP contribution in [0.15, 0.2) is 12.2 Å². The molecule has 0 aromatic heterocycles. The first kappa shape index (κ1) is 8.73. The van der Waals surface area contributed by atoms with Crippen LogP contribution in [-0.2, 0) is 4.79 Å². The number of aliphatic hydroxyl groups is 1. The van der Waals surface area contributed by atoms with Gasteiger partial charge in [0, 0.05) is 6.54 Å². The Bertz CT molecular complexity index is 167. The summed E-state index contributed by atoms with van der Waals surface area (Å²) in [6.07, 6.45) is 7.90. The van der Waals surface area contributed by atoms with Gasteiger partial charge in [0.1, 0.15) is 0 Å². The summed E-state index contributed by atoms with van der Waals surface area (Å²) in [6.45, 7) is 0.343. The van der Waals surface area contributed by atoms with Crippen molar-refractivity contribution in [2.45, 2.75) is 0 Å². The highest BCUT2D eigenvalue weighted by Crippen LogP contribution is 1.67. The molecular weight excluding hydrogens is 130 g/mol. The monoisotopic (exact) mass is 139 g/mol. The summed E-state index contributed by atoms with van der Waals surface area (Å²) in [7, 11) is 0. The third-order valence-corrected chi connectivity index (χ3v) is 0.784. The molecule has 0 heterocycles. The molecule has 3 heteroatoms. The van der Waals surface area contributed by atoms with Crippen LogP contribution >= 0.6 is 0 Å². The van der Waals surface area contributed by atoms with Crippen LogP contribution in [0.25, 0.3) is 0 Å². The zero-order valence-electron chi connectivity index (χ0n) is 5.50. The lowest BCUT2D eigenvalue weighted by atomic mass is 10.5. The Morgan fingerprint density at radius 1 is 1.70 bits per heavy atom. The number of nitrogens with one attached hydrogen (secondary N) is 1. The van der Waals surface area contributed by atoms with E-state index in [1.165, 1.54) is 6.08 Å². The maximum atomic E-state index is 10.3. The quantitative estimate of drug-likeness (QED) is 0.400. The Hall–Kier alpha value is -1.27. The molecular formula is C7H9NO2. The smallest absolute Gasteiger partial charge is 0.295 e.